The van der Waals surface area contributed by atoms with Crippen LogP contribution in [-0.2, 0) is 16.6 Å². The number of thiazole rings is 1. The van der Waals surface area contributed by atoms with E-state index < -0.39 is 10.0 Å². The Balaban J connectivity index is 1.72. The zero-order valence-electron chi connectivity index (χ0n) is 13.2. The normalized spacial score (nSPS) is 11.2. The van der Waals surface area contributed by atoms with E-state index in [-0.39, 0.29) is 22.5 Å². The van der Waals surface area contributed by atoms with Gasteiger partial charge in [-0.3, -0.25) is 9.52 Å². The van der Waals surface area contributed by atoms with Crippen LogP contribution in [-0.4, -0.2) is 19.3 Å². The van der Waals surface area contributed by atoms with Crippen LogP contribution in [0.4, 0.5) is 5.13 Å². The van der Waals surface area contributed by atoms with Gasteiger partial charge in [-0.15, -0.1) is 0 Å². The van der Waals surface area contributed by atoms with Gasteiger partial charge in [0.1, 0.15) is 10.6 Å². The summed E-state index contributed by atoms with van der Waals surface area (Å²) in [5, 5.41) is 2.85. The maximum Gasteiger partial charge on any atom is 0.263 e. The van der Waals surface area contributed by atoms with E-state index in [0.29, 0.717) is 16.3 Å². The lowest BCUT2D eigenvalue weighted by Crippen LogP contribution is -2.22. The molecule has 0 radical (unpaired) electrons. The van der Waals surface area contributed by atoms with Gasteiger partial charge in [-0.1, -0.05) is 29.5 Å². The van der Waals surface area contributed by atoms with Crippen molar-refractivity contribution in [3.8, 4) is 0 Å². The number of aromatic nitrogens is 1. The predicted molar refractivity (Wildman–Crippen MR) is 94.0 cm³/mol. The van der Waals surface area contributed by atoms with Crippen molar-refractivity contribution in [3.05, 3.63) is 65.1 Å². The van der Waals surface area contributed by atoms with Gasteiger partial charge in [0, 0.05) is 0 Å². The van der Waals surface area contributed by atoms with Gasteiger partial charge >= 0.3 is 0 Å². The molecule has 0 spiro atoms. The SMILES string of the molecule is Cc1nc(NS(=O)(=O)c2ccccc2)sc1C(=O)NCc1ccco1. The van der Waals surface area contributed by atoms with Gasteiger partial charge in [-0.2, -0.15) is 0 Å². The van der Waals surface area contributed by atoms with E-state index in [1.807, 2.05) is 0 Å². The number of carbonyl (C=O) groups is 1. The number of furan rings is 1. The molecule has 0 saturated carbocycles. The average molecular weight is 377 g/mol. The summed E-state index contributed by atoms with van der Waals surface area (Å²) in [6.45, 7) is 1.90. The van der Waals surface area contributed by atoms with Crippen molar-refractivity contribution in [1.29, 1.82) is 0 Å². The van der Waals surface area contributed by atoms with Gasteiger partial charge in [0.15, 0.2) is 5.13 Å². The first-order valence-electron chi connectivity index (χ1n) is 7.31. The number of sulfonamides is 1. The molecule has 0 aliphatic rings. The summed E-state index contributed by atoms with van der Waals surface area (Å²) in [7, 11) is -3.74. The molecule has 0 aliphatic carbocycles. The highest BCUT2D eigenvalue weighted by atomic mass is 32.2. The van der Waals surface area contributed by atoms with Crippen molar-refractivity contribution in [2.24, 2.45) is 0 Å². The van der Waals surface area contributed by atoms with Crippen molar-refractivity contribution in [2.45, 2.75) is 18.4 Å². The Kier molecular flexibility index (Phi) is 4.86. The number of carbonyl (C=O) groups excluding carboxylic acids is 1. The minimum absolute atomic E-state index is 0.131. The molecule has 25 heavy (non-hydrogen) atoms. The number of anilines is 1. The fourth-order valence-electron chi connectivity index (χ4n) is 2.09. The third-order valence-corrected chi connectivity index (χ3v) is 5.84. The minimum Gasteiger partial charge on any atom is -0.467 e. The molecule has 2 aromatic heterocycles. The minimum atomic E-state index is -3.74. The first-order valence-corrected chi connectivity index (χ1v) is 9.61. The first kappa shape index (κ1) is 17.2. The molecule has 0 bridgehead atoms. The summed E-state index contributed by atoms with van der Waals surface area (Å²) in [6.07, 6.45) is 1.52. The van der Waals surface area contributed by atoms with Crippen molar-refractivity contribution in [2.75, 3.05) is 4.72 Å². The highest BCUT2D eigenvalue weighted by molar-refractivity contribution is 7.93. The molecule has 0 fully saturated rings. The maximum atomic E-state index is 12.3. The van der Waals surface area contributed by atoms with Crippen molar-refractivity contribution >= 4 is 32.4 Å². The molecule has 3 rings (SSSR count). The number of aryl methyl sites for hydroxylation is 1. The summed E-state index contributed by atoms with van der Waals surface area (Å²) in [5.41, 5.74) is 0.452. The molecule has 2 N–H and O–H groups in total. The van der Waals surface area contributed by atoms with E-state index >= 15 is 0 Å². The summed E-state index contributed by atoms with van der Waals surface area (Å²) >= 11 is 0.982. The van der Waals surface area contributed by atoms with Gasteiger partial charge < -0.3 is 9.73 Å². The Hall–Kier alpha value is -2.65. The molecule has 130 valence electrons. The van der Waals surface area contributed by atoms with Crippen LogP contribution >= 0.6 is 11.3 Å². The third kappa shape index (κ3) is 4.06. The molecule has 3 aromatic rings. The molecule has 1 amide bonds. The van der Waals surface area contributed by atoms with Crippen LogP contribution in [0.5, 0.6) is 0 Å². The number of hydrogen-bond donors (Lipinski definition) is 2. The van der Waals surface area contributed by atoms with Gasteiger partial charge in [-0.25, -0.2) is 13.4 Å². The quantitative estimate of drug-likeness (QED) is 0.688. The standard InChI is InChI=1S/C16H15N3O4S2/c1-11-14(15(20)17-10-12-6-5-9-23-12)24-16(18-11)19-25(21,22)13-7-3-2-4-8-13/h2-9H,10H2,1H3,(H,17,20)(H,18,19). The Bertz CT molecular complexity index is 964. The van der Waals surface area contributed by atoms with Crippen LogP contribution in [0.2, 0.25) is 0 Å². The first-order chi connectivity index (χ1) is 12.0. The zero-order chi connectivity index (χ0) is 17.9. The summed E-state index contributed by atoms with van der Waals surface area (Å²) < 4.78 is 32.2. The molecule has 2 heterocycles. The number of nitrogens with one attached hydrogen (secondary N) is 2. The van der Waals surface area contributed by atoms with Crippen LogP contribution in [0.25, 0.3) is 0 Å². The van der Waals surface area contributed by atoms with Crippen LogP contribution in [0.1, 0.15) is 21.1 Å². The topological polar surface area (TPSA) is 101 Å². The van der Waals surface area contributed by atoms with E-state index in [9.17, 15) is 13.2 Å². The van der Waals surface area contributed by atoms with E-state index in [0.717, 1.165) is 11.3 Å². The van der Waals surface area contributed by atoms with E-state index in [1.165, 1.54) is 18.4 Å². The lowest BCUT2D eigenvalue weighted by Gasteiger charge is -2.04. The lowest BCUT2D eigenvalue weighted by molar-refractivity contribution is 0.0951. The molecule has 9 heteroatoms. The number of benzene rings is 1. The summed E-state index contributed by atoms with van der Waals surface area (Å²) in [4.78, 5) is 16.9. The largest absolute Gasteiger partial charge is 0.467 e. The van der Waals surface area contributed by atoms with Crippen LogP contribution < -0.4 is 10.0 Å². The van der Waals surface area contributed by atoms with Crippen molar-refractivity contribution in [1.82, 2.24) is 10.3 Å². The Morgan fingerprint density at radius 2 is 1.96 bits per heavy atom. The number of nitrogens with zero attached hydrogens (tertiary/aromatic N) is 1. The lowest BCUT2D eigenvalue weighted by atomic mass is 10.3. The highest BCUT2D eigenvalue weighted by Gasteiger charge is 2.20. The summed E-state index contributed by atoms with van der Waals surface area (Å²) in [5.74, 6) is 0.289. The Labute approximate surface area is 148 Å². The molecule has 0 unspecified atom stereocenters. The molecular weight excluding hydrogens is 362 g/mol. The Morgan fingerprint density at radius 1 is 1.20 bits per heavy atom. The second-order valence-electron chi connectivity index (χ2n) is 5.11. The van der Waals surface area contributed by atoms with Gasteiger partial charge in [0.2, 0.25) is 0 Å². The second kappa shape index (κ2) is 7.08. The average Bonchev–Trinajstić information content (AvgIpc) is 3.23. The second-order valence-corrected chi connectivity index (χ2v) is 7.80. The molecule has 7 nitrogen and oxygen atoms in total. The molecule has 0 saturated heterocycles. The number of amides is 1. The molecular formula is C16H15N3O4S2. The fourth-order valence-corrected chi connectivity index (χ4v) is 4.22. The third-order valence-electron chi connectivity index (χ3n) is 3.28. The monoisotopic (exact) mass is 377 g/mol. The van der Waals surface area contributed by atoms with E-state index in [2.05, 4.69) is 15.0 Å². The van der Waals surface area contributed by atoms with E-state index in [4.69, 9.17) is 4.42 Å². The highest BCUT2D eigenvalue weighted by Crippen LogP contribution is 2.25. The van der Waals surface area contributed by atoms with Crippen molar-refractivity contribution in [3.63, 3.8) is 0 Å². The van der Waals surface area contributed by atoms with Gasteiger partial charge in [-0.05, 0) is 31.2 Å². The summed E-state index contributed by atoms with van der Waals surface area (Å²) in [6, 6.07) is 11.5. The number of hydrogen-bond acceptors (Lipinski definition) is 6. The van der Waals surface area contributed by atoms with E-state index in [1.54, 1.807) is 37.3 Å². The fraction of sp³-hybridized carbons (Fsp3) is 0.125. The number of rotatable bonds is 6. The van der Waals surface area contributed by atoms with Crippen LogP contribution in [0.15, 0.2) is 58.0 Å². The molecule has 0 atom stereocenters. The van der Waals surface area contributed by atoms with Crippen LogP contribution in [0.3, 0.4) is 0 Å². The molecule has 0 aliphatic heterocycles. The molecule has 1 aromatic carbocycles. The zero-order valence-corrected chi connectivity index (χ0v) is 14.9. The smallest absolute Gasteiger partial charge is 0.263 e. The Morgan fingerprint density at radius 3 is 2.64 bits per heavy atom. The predicted octanol–water partition coefficient (Wildman–Crippen LogP) is 2.78. The van der Waals surface area contributed by atoms with Gasteiger partial charge in [0.05, 0.1) is 23.4 Å². The maximum absolute atomic E-state index is 12.3. The van der Waals surface area contributed by atoms with Gasteiger partial charge in [0.25, 0.3) is 15.9 Å². The van der Waals surface area contributed by atoms with Crippen LogP contribution in [0, 0.1) is 6.92 Å². The van der Waals surface area contributed by atoms with Crippen molar-refractivity contribution < 1.29 is 17.6 Å².